The maximum atomic E-state index is 14.2. The molecule has 1 N–H and O–H groups in total. The van der Waals surface area contributed by atoms with Crippen LogP contribution in [0.4, 0.5) is 5.69 Å². The second-order valence-electron chi connectivity index (χ2n) is 9.17. The highest BCUT2D eigenvalue weighted by Gasteiger charge is 2.34. The van der Waals surface area contributed by atoms with E-state index in [9.17, 15) is 18.0 Å². The van der Waals surface area contributed by atoms with Gasteiger partial charge in [-0.25, -0.2) is 8.42 Å². The first-order valence-corrected chi connectivity index (χ1v) is 15.5. The van der Waals surface area contributed by atoms with Crippen molar-refractivity contribution >= 4 is 62.3 Å². The molecule has 0 aliphatic heterocycles. The van der Waals surface area contributed by atoms with Gasteiger partial charge in [-0.3, -0.25) is 13.9 Å². The molecular weight excluding hydrogens is 641 g/mol. The predicted molar refractivity (Wildman–Crippen MR) is 167 cm³/mol. The second kappa shape index (κ2) is 14.9. The van der Waals surface area contributed by atoms with Crippen molar-refractivity contribution < 1.29 is 32.2 Å². The van der Waals surface area contributed by atoms with Crippen LogP contribution >= 0.6 is 34.8 Å². The van der Waals surface area contributed by atoms with Gasteiger partial charge in [-0.15, -0.1) is 0 Å². The van der Waals surface area contributed by atoms with E-state index in [1.54, 1.807) is 26.0 Å². The maximum Gasteiger partial charge on any atom is 0.265 e. The summed E-state index contributed by atoms with van der Waals surface area (Å²) in [7, 11) is -0.307. The van der Waals surface area contributed by atoms with Crippen molar-refractivity contribution in [2.45, 2.75) is 31.3 Å². The molecule has 3 rings (SSSR count). The molecule has 0 fully saturated rings. The standard InChI is InChI=1S/C29H32Cl3N3O7S/c1-6-33-29(37)18(2)34(16-19-7-8-20(30)13-23(19)32)28(36)17-35(24-14-21(31)9-11-25(24)40-3)43(38,39)22-10-12-26(41-4)27(15-22)42-5/h7-15,18H,6,16-17H2,1-5H3,(H,33,37)/t18-/m1/s1. The molecule has 14 heteroatoms. The number of hydrogen-bond donors (Lipinski definition) is 1. The van der Waals surface area contributed by atoms with Crippen molar-refractivity contribution in [3.63, 3.8) is 0 Å². The zero-order valence-corrected chi connectivity index (χ0v) is 27.3. The van der Waals surface area contributed by atoms with E-state index in [0.29, 0.717) is 22.9 Å². The summed E-state index contributed by atoms with van der Waals surface area (Å²) < 4.78 is 45.4. The number of benzene rings is 3. The Kier molecular flexibility index (Phi) is 11.8. The molecule has 3 aromatic carbocycles. The van der Waals surface area contributed by atoms with Crippen molar-refractivity contribution in [3.05, 3.63) is 75.2 Å². The number of anilines is 1. The summed E-state index contributed by atoms with van der Waals surface area (Å²) in [5.41, 5.74) is 0.512. The fourth-order valence-corrected chi connectivity index (χ4v) is 6.28. The lowest BCUT2D eigenvalue weighted by atomic mass is 10.1. The van der Waals surface area contributed by atoms with Crippen LogP contribution in [-0.2, 0) is 26.2 Å². The largest absolute Gasteiger partial charge is 0.495 e. The second-order valence-corrected chi connectivity index (χ2v) is 12.3. The lowest BCUT2D eigenvalue weighted by molar-refractivity contribution is -0.139. The van der Waals surface area contributed by atoms with E-state index in [2.05, 4.69) is 5.32 Å². The van der Waals surface area contributed by atoms with E-state index in [1.807, 2.05) is 0 Å². The average molecular weight is 673 g/mol. The van der Waals surface area contributed by atoms with E-state index in [0.717, 1.165) is 4.31 Å². The number of hydrogen-bond acceptors (Lipinski definition) is 7. The molecule has 0 heterocycles. The Labute approximate surface area is 266 Å². The topological polar surface area (TPSA) is 114 Å². The number of sulfonamides is 1. The molecule has 2 amide bonds. The third-order valence-electron chi connectivity index (χ3n) is 6.51. The fourth-order valence-electron chi connectivity index (χ4n) is 4.21. The zero-order chi connectivity index (χ0) is 31.9. The lowest BCUT2D eigenvalue weighted by Gasteiger charge is -2.32. The average Bonchev–Trinajstić information content (AvgIpc) is 2.98. The monoisotopic (exact) mass is 671 g/mol. The van der Waals surface area contributed by atoms with E-state index >= 15 is 0 Å². The van der Waals surface area contributed by atoms with Crippen LogP contribution in [0.25, 0.3) is 0 Å². The molecule has 3 aromatic rings. The number of ether oxygens (including phenoxy) is 3. The summed E-state index contributed by atoms with van der Waals surface area (Å²) in [6, 6.07) is 12.2. The normalized spacial score (nSPS) is 11.8. The molecule has 0 saturated heterocycles. The maximum absolute atomic E-state index is 14.2. The van der Waals surface area contributed by atoms with E-state index in [4.69, 9.17) is 49.0 Å². The summed E-state index contributed by atoms with van der Waals surface area (Å²) in [4.78, 5) is 28.1. The number of nitrogens with zero attached hydrogens (tertiary/aromatic N) is 2. The van der Waals surface area contributed by atoms with Crippen LogP contribution < -0.4 is 23.8 Å². The molecule has 232 valence electrons. The van der Waals surface area contributed by atoms with E-state index < -0.39 is 34.4 Å². The van der Waals surface area contributed by atoms with Crippen LogP contribution in [0.2, 0.25) is 15.1 Å². The number of nitrogens with one attached hydrogen (secondary N) is 1. The number of halogens is 3. The molecule has 0 saturated carbocycles. The smallest absolute Gasteiger partial charge is 0.265 e. The van der Waals surface area contributed by atoms with Crippen LogP contribution in [0, 0.1) is 0 Å². The number of likely N-dealkylation sites (N-methyl/N-ethyl adjacent to an activating group) is 1. The van der Waals surface area contributed by atoms with Crippen LogP contribution in [0.1, 0.15) is 19.4 Å². The molecule has 1 atom stereocenters. The minimum absolute atomic E-state index is 0.00766. The van der Waals surface area contributed by atoms with Crippen molar-refractivity contribution in [2.24, 2.45) is 0 Å². The highest BCUT2D eigenvalue weighted by Crippen LogP contribution is 2.37. The van der Waals surface area contributed by atoms with Gasteiger partial charge in [0, 0.05) is 34.2 Å². The van der Waals surface area contributed by atoms with Crippen LogP contribution in [0.3, 0.4) is 0 Å². The summed E-state index contributed by atoms with van der Waals surface area (Å²) in [6.45, 7) is 2.79. The third kappa shape index (κ3) is 7.97. The Morgan fingerprint density at radius 3 is 2.07 bits per heavy atom. The number of carbonyl (C=O) groups excluding carboxylic acids is 2. The van der Waals surface area contributed by atoms with Crippen molar-refractivity contribution in [2.75, 3.05) is 38.7 Å². The van der Waals surface area contributed by atoms with Gasteiger partial charge in [-0.2, -0.15) is 0 Å². The van der Waals surface area contributed by atoms with Gasteiger partial charge in [0.05, 0.1) is 31.9 Å². The SMILES string of the molecule is CCNC(=O)[C@@H](C)N(Cc1ccc(Cl)cc1Cl)C(=O)CN(c1cc(Cl)ccc1OC)S(=O)(=O)c1ccc(OC)c(OC)c1. The number of carbonyl (C=O) groups is 2. The Balaban J connectivity index is 2.17. The molecule has 0 radical (unpaired) electrons. The number of amides is 2. The van der Waals surface area contributed by atoms with Gasteiger partial charge >= 0.3 is 0 Å². The van der Waals surface area contributed by atoms with Gasteiger partial charge < -0.3 is 24.4 Å². The molecule has 0 bridgehead atoms. The lowest BCUT2D eigenvalue weighted by Crippen LogP contribution is -2.51. The number of methoxy groups -OCH3 is 3. The summed E-state index contributed by atoms with van der Waals surface area (Å²) in [5, 5.41) is 3.57. The van der Waals surface area contributed by atoms with Crippen LogP contribution in [0.5, 0.6) is 17.2 Å². The van der Waals surface area contributed by atoms with Gasteiger partial charge in [0.25, 0.3) is 10.0 Å². The summed E-state index contributed by atoms with van der Waals surface area (Å²) in [5.74, 6) is -0.514. The highest BCUT2D eigenvalue weighted by molar-refractivity contribution is 7.92. The fraction of sp³-hybridized carbons (Fsp3) is 0.310. The molecule has 0 unspecified atom stereocenters. The summed E-state index contributed by atoms with van der Waals surface area (Å²) in [6.07, 6.45) is 0. The Morgan fingerprint density at radius 2 is 1.47 bits per heavy atom. The van der Waals surface area contributed by atoms with Gasteiger partial charge in [0.2, 0.25) is 11.8 Å². The minimum atomic E-state index is -4.46. The first-order chi connectivity index (χ1) is 20.4. The molecule has 43 heavy (non-hydrogen) atoms. The van der Waals surface area contributed by atoms with Crippen molar-refractivity contribution in [1.29, 1.82) is 0 Å². The van der Waals surface area contributed by atoms with Gasteiger partial charge in [-0.1, -0.05) is 40.9 Å². The predicted octanol–water partition coefficient (Wildman–Crippen LogP) is 5.42. The van der Waals surface area contributed by atoms with Crippen molar-refractivity contribution in [3.8, 4) is 17.2 Å². The first-order valence-electron chi connectivity index (χ1n) is 13.0. The quantitative estimate of drug-likeness (QED) is 0.258. The van der Waals surface area contributed by atoms with Gasteiger partial charge in [0.1, 0.15) is 18.3 Å². The molecule has 0 aromatic heterocycles. The van der Waals surface area contributed by atoms with Crippen molar-refractivity contribution in [1.82, 2.24) is 10.2 Å². The molecule has 0 spiro atoms. The van der Waals surface area contributed by atoms with Gasteiger partial charge in [-0.05, 0) is 61.9 Å². The first kappa shape index (κ1) is 34.1. The van der Waals surface area contributed by atoms with E-state index in [1.165, 1.54) is 68.7 Å². The molecule has 0 aliphatic rings. The summed E-state index contributed by atoms with van der Waals surface area (Å²) >= 11 is 18.7. The van der Waals surface area contributed by atoms with Gasteiger partial charge in [0.15, 0.2) is 11.5 Å². The third-order valence-corrected chi connectivity index (χ3v) is 9.08. The molecular formula is C29H32Cl3N3O7S. The zero-order valence-electron chi connectivity index (χ0n) is 24.2. The minimum Gasteiger partial charge on any atom is -0.495 e. The van der Waals surface area contributed by atoms with E-state index in [-0.39, 0.29) is 38.7 Å². The molecule has 0 aliphatic carbocycles. The van der Waals surface area contributed by atoms with Crippen LogP contribution in [-0.4, -0.2) is 65.6 Å². The Morgan fingerprint density at radius 1 is 0.860 bits per heavy atom. The Bertz CT molecular complexity index is 1590. The highest BCUT2D eigenvalue weighted by atomic mass is 35.5. The Hall–Kier alpha value is -3.38. The number of rotatable bonds is 13. The van der Waals surface area contributed by atoms with Crippen LogP contribution in [0.15, 0.2) is 59.5 Å². The molecule has 10 nitrogen and oxygen atoms in total.